The second kappa shape index (κ2) is 4.22. The Bertz CT molecular complexity index is 405. The minimum Gasteiger partial charge on any atom is -0.274 e. The first-order valence-electron chi connectivity index (χ1n) is 5.11. The smallest absolute Gasteiger partial charge is 0.262 e. The van der Waals surface area contributed by atoms with Crippen LogP contribution in [0.3, 0.4) is 0 Å². The van der Waals surface area contributed by atoms with Crippen molar-refractivity contribution in [1.29, 1.82) is 0 Å². The number of hydrogen-bond donors (Lipinski definition) is 1. The van der Waals surface area contributed by atoms with Crippen LogP contribution >= 0.6 is 0 Å². The number of carbonyl (C=O) groups excluding carboxylic acids is 2. The van der Waals surface area contributed by atoms with Crippen LogP contribution in [-0.2, 0) is 9.59 Å². The second-order valence-electron chi connectivity index (χ2n) is 3.58. The first-order valence-corrected chi connectivity index (χ1v) is 5.11. The lowest BCUT2D eigenvalue weighted by Gasteiger charge is -2.28. The zero-order valence-electron chi connectivity index (χ0n) is 9.01. The topological polar surface area (TPSA) is 52.7 Å². The molecule has 1 N–H and O–H groups in total. The molecule has 5 nitrogen and oxygen atoms in total. The maximum Gasteiger partial charge on any atom is 0.262 e. The first-order chi connectivity index (χ1) is 7.68. The Kier molecular flexibility index (Phi) is 2.76. The highest BCUT2D eigenvalue weighted by atomic mass is 16.2. The Morgan fingerprint density at radius 3 is 2.62 bits per heavy atom. The van der Waals surface area contributed by atoms with E-state index in [0.717, 1.165) is 5.69 Å². The Morgan fingerprint density at radius 2 is 2.00 bits per heavy atom. The van der Waals surface area contributed by atoms with E-state index >= 15 is 0 Å². The summed E-state index contributed by atoms with van der Waals surface area (Å²) in [4.78, 5) is 22.6. The van der Waals surface area contributed by atoms with E-state index in [4.69, 9.17) is 0 Å². The molecule has 2 amide bonds. The van der Waals surface area contributed by atoms with Gasteiger partial charge in [0.1, 0.15) is 0 Å². The summed E-state index contributed by atoms with van der Waals surface area (Å²) in [6, 6.07) is 9.49. The predicted molar refractivity (Wildman–Crippen MR) is 59.1 cm³/mol. The Hall–Kier alpha value is -2.04. The van der Waals surface area contributed by atoms with Gasteiger partial charge in [-0.05, 0) is 12.1 Å². The lowest BCUT2D eigenvalue weighted by Crippen LogP contribution is -2.50. The molecule has 84 valence electrons. The normalized spacial score (nSPS) is 15.4. The Morgan fingerprint density at radius 1 is 1.31 bits per heavy atom. The summed E-state index contributed by atoms with van der Waals surface area (Å²) in [5, 5.41) is 3.03. The number of nitrogens with one attached hydrogen (secondary N) is 1. The van der Waals surface area contributed by atoms with Crippen LogP contribution in [0, 0.1) is 0 Å². The molecule has 1 fully saturated rings. The van der Waals surface area contributed by atoms with Crippen LogP contribution < -0.4 is 10.4 Å². The molecule has 1 saturated heterocycles. The third-order valence-electron chi connectivity index (χ3n) is 2.33. The molecule has 0 saturated carbocycles. The first kappa shape index (κ1) is 10.5. The lowest BCUT2D eigenvalue weighted by atomic mass is 10.3. The third-order valence-corrected chi connectivity index (χ3v) is 2.33. The number of nitrogens with zero attached hydrogens (tertiary/aromatic N) is 2. The van der Waals surface area contributed by atoms with Crippen molar-refractivity contribution in [2.24, 2.45) is 0 Å². The van der Waals surface area contributed by atoms with Gasteiger partial charge in [0.25, 0.3) is 5.91 Å². The number of hydrogen-bond acceptors (Lipinski definition) is 3. The van der Waals surface area contributed by atoms with Crippen molar-refractivity contribution in [3.63, 3.8) is 0 Å². The van der Waals surface area contributed by atoms with E-state index in [9.17, 15) is 9.59 Å². The van der Waals surface area contributed by atoms with Crippen LogP contribution in [0.1, 0.15) is 13.3 Å². The van der Waals surface area contributed by atoms with Crippen molar-refractivity contribution >= 4 is 17.5 Å². The molecule has 1 aliphatic heterocycles. The number of amides is 2. The summed E-state index contributed by atoms with van der Waals surface area (Å²) >= 11 is 0. The van der Waals surface area contributed by atoms with Gasteiger partial charge in [-0.15, -0.1) is 0 Å². The molecule has 0 radical (unpaired) electrons. The summed E-state index contributed by atoms with van der Waals surface area (Å²) in [5.41, 5.74) is 3.40. The average molecular weight is 219 g/mol. The number of anilines is 1. The predicted octanol–water partition coefficient (Wildman–Crippen LogP) is 0.691. The van der Waals surface area contributed by atoms with Gasteiger partial charge in [-0.3, -0.25) is 14.6 Å². The van der Waals surface area contributed by atoms with Gasteiger partial charge in [0.05, 0.1) is 18.7 Å². The number of para-hydroxylation sites is 1. The maximum atomic E-state index is 11.6. The summed E-state index contributed by atoms with van der Waals surface area (Å²) in [7, 11) is 0. The Balaban J connectivity index is 2.21. The fraction of sp³-hybridized carbons (Fsp3) is 0.273. The molecule has 0 spiro atoms. The van der Waals surface area contributed by atoms with E-state index in [1.807, 2.05) is 30.3 Å². The SMILES string of the molecule is CC(=O)NN1C(=O)CCN1c1ccccc1. The zero-order chi connectivity index (χ0) is 11.5. The van der Waals surface area contributed by atoms with Gasteiger partial charge in [-0.25, -0.2) is 5.43 Å². The van der Waals surface area contributed by atoms with Gasteiger partial charge in [0, 0.05) is 6.92 Å². The molecule has 0 atom stereocenters. The number of benzene rings is 1. The standard InChI is InChI=1S/C11H13N3O2/c1-9(15)12-14-11(16)7-8-13(14)10-5-3-2-4-6-10/h2-6H,7-8H2,1H3,(H,12,15). The van der Waals surface area contributed by atoms with Crippen LogP contribution in [0.15, 0.2) is 30.3 Å². The van der Waals surface area contributed by atoms with Crippen molar-refractivity contribution in [2.45, 2.75) is 13.3 Å². The molecule has 0 aliphatic carbocycles. The van der Waals surface area contributed by atoms with Crippen LogP contribution in [0.2, 0.25) is 0 Å². The van der Waals surface area contributed by atoms with Gasteiger partial charge in [-0.1, -0.05) is 18.2 Å². The maximum absolute atomic E-state index is 11.6. The van der Waals surface area contributed by atoms with Crippen LogP contribution in [0.25, 0.3) is 0 Å². The van der Waals surface area contributed by atoms with E-state index in [1.54, 1.807) is 5.01 Å². The van der Waals surface area contributed by atoms with Crippen molar-refractivity contribution in [2.75, 3.05) is 11.6 Å². The van der Waals surface area contributed by atoms with E-state index in [0.29, 0.717) is 13.0 Å². The molecular weight excluding hydrogens is 206 g/mol. The lowest BCUT2D eigenvalue weighted by molar-refractivity contribution is -0.137. The summed E-state index contributed by atoms with van der Waals surface area (Å²) < 4.78 is 0. The van der Waals surface area contributed by atoms with Gasteiger partial charge in [0.2, 0.25) is 5.91 Å². The van der Waals surface area contributed by atoms with E-state index < -0.39 is 0 Å². The van der Waals surface area contributed by atoms with Crippen LogP contribution in [0.4, 0.5) is 5.69 Å². The average Bonchev–Trinajstić information content (AvgIpc) is 2.61. The fourth-order valence-corrected chi connectivity index (χ4v) is 1.66. The largest absolute Gasteiger partial charge is 0.274 e. The molecule has 16 heavy (non-hydrogen) atoms. The van der Waals surface area contributed by atoms with Crippen molar-refractivity contribution < 1.29 is 9.59 Å². The van der Waals surface area contributed by atoms with Gasteiger partial charge >= 0.3 is 0 Å². The fourth-order valence-electron chi connectivity index (χ4n) is 1.66. The third kappa shape index (κ3) is 1.98. The molecule has 1 aromatic carbocycles. The second-order valence-corrected chi connectivity index (χ2v) is 3.58. The molecule has 0 unspecified atom stereocenters. The van der Waals surface area contributed by atoms with Gasteiger partial charge in [-0.2, -0.15) is 5.12 Å². The highest BCUT2D eigenvalue weighted by Crippen LogP contribution is 2.20. The van der Waals surface area contributed by atoms with E-state index in [2.05, 4.69) is 5.43 Å². The summed E-state index contributed by atoms with van der Waals surface area (Å²) in [5.74, 6) is -0.352. The number of carbonyl (C=O) groups is 2. The monoisotopic (exact) mass is 219 g/mol. The highest BCUT2D eigenvalue weighted by molar-refractivity contribution is 5.85. The molecule has 1 heterocycles. The summed E-state index contributed by atoms with van der Waals surface area (Å²) in [6.45, 7) is 1.97. The molecule has 1 aromatic rings. The van der Waals surface area contributed by atoms with E-state index in [1.165, 1.54) is 12.0 Å². The molecule has 1 aliphatic rings. The molecule has 0 aromatic heterocycles. The number of rotatable bonds is 2. The number of hydrazine groups is 2. The van der Waals surface area contributed by atoms with E-state index in [-0.39, 0.29) is 11.8 Å². The van der Waals surface area contributed by atoms with Gasteiger partial charge in [0.15, 0.2) is 0 Å². The summed E-state index contributed by atoms with van der Waals surface area (Å²) in [6.07, 6.45) is 0.412. The van der Waals surface area contributed by atoms with Gasteiger partial charge < -0.3 is 0 Å². The van der Waals surface area contributed by atoms with Crippen molar-refractivity contribution in [3.05, 3.63) is 30.3 Å². The van der Waals surface area contributed by atoms with Crippen LogP contribution in [0.5, 0.6) is 0 Å². The molecule has 2 rings (SSSR count). The quantitative estimate of drug-likeness (QED) is 0.796. The molecular formula is C11H13N3O2. The molecule has 0 bridgehead atoms. The van der Waals surface area contributed by atoms with Crippen molar-refractivity contribution in [3.8, 4) is 0 Å². The zero-order valence-corrected chi connectivity index (χ0v) is 9.01. The van der Waals surface area contributed by atoms with Crippen molar-refractivity contribution in [1.82, 2.24) is 10.5 Å². The minimum atomic E-state index is -0.254. The molecule has 5 heteroatoms. The van der Waals surface area contributed by atoms with Crippen LogP contribution in [-0.4, -0.2) is 23.5 Å². The Labute approximate surface area is 93.6 Å². The minimum absolute atomic E-state index is 0.0981. The highest BCUT2D eigenvalue weighted by Gasteiger charge is 2.29.